The SMILES string of the molecule is CN(C)CCCn1c(SCc2ncc(-c3ccccc3)o2)nc2sc3c(c2c1=O)CCCC3. The molecule has 3 heterocycles. The molecule has 0 bridgehead atoms. The van der Waals surface area contributed by atoms with Crippen molar-refractivity contribution in [2.75, 3.05) is 20.6 Å². The van der Waals surface area contributed by atoms with Gasteiger partial charge < -0.3 is 9.32 Å². The molecule has 0 fully saturated rings. The fraction of sp³-hybridized carbons (Fsp3) is 0.400. The van der Waals surface area contributed by atoms with Crippen molar-refractivity contribution in [2.45, 2.75) is 49.6 Å². The summed E-state index contributed by atoms with van der Waals surface area (Å²) in [6.45, 7) is 1.59. The molecule has 1 aliphatic rings. The highest BCUT2D eigenvalue weighted by atomic mass is 32.2. The van der Waals surface area contributed by atoms with E-state index in [1.807, 2.05) is 34.9 Å². The van der Waals surface area contributed by atoms with E-state index in [9.17, 15) is 4.79 Å². The van der Waals surface area contributed by atoms with E-state index in [0.29, 0.717) is 18.2 Å². The van der Waals surface area contributed by atoms with Gasteiger partial charge in [-0.05, 0) is 58.3 Å². The van der Waals surface area contributed by atoms with Gasteiger partial charge >= 0.3 is 0 Å². The number of thiophene rings is 1. The summed E-state index contributed by atoms with van der Waals surface area (Å²) in [5, 5.41) is 1.61. The third-order valence-corrected chi connectivity index (χ3v) is 8.11. The highest BCUT2D eigenvalue weighted by Crippen LogP contribution is 2.35. The quantitative estimate of drug-likeness (QED) is 0.254. The molecule has 0 atom stereocenters. The molecule has 4 aromatic rings. The largest absolute Gasteiger partial charge is 0.440 e. The van der Waals surface area contributed by atoms with Gasteiger partial charge in [0, 0.05) is 17.0 Å². The van der Waals surface area contributed by atoms with Gasteiger partial charge in [0.15, 0.2) is 10.9 Å². The van der Waals surface area contributed by atoms with Crippen LogP contribution in [0.2, 0.25) is 0 Å². The normalized spacial score (nSPS) is 13.7. The van der Waals surface area contributed by atoms with Gasteiger partial charge in [-0.2, -0.15) is 0 Å². The van der Waals surface area contributed by atoms with Crippen LogP contribution in [0, 0.1) is 0 Å². The van der Waals surface area contributed by atoms with Gasteiger partial charge in [-0.15, -0.1) is 11.3 Å². The van der Waals surface area contributed by atoms with Gasteiger partial charge in [0.25, 0.3) is 5.56 Å². The minimum atomic E-state index is 0.109. The summed E-state index contributed by atoms with van der Waals surface area (Å²) >= 11 is 3.23. The van der Waals surface area contributed by atoms with Crippen molar-refractivity contribution in [3.63, 3.8) is 0 Å². The lowest BCUT2D eigenvalue weighted by atomic mass is 9.97. The molecule has 6 nitrogen and oxygen atoms in total. The summed E-state index contributed by atoms with van der Waals surface area (Å²) in [7, 11) is 4.12. The first-order chi connectivity index (χ1) is 16.1. The molecule has 5 rings (SSSR count). The molecule has 0 saturated heterocycles. The third kappa shape index (κ3) is 4.78. The smallest absolute Gasteiger partial charge is 0.263 e. The molecule has 0 aliphatic heterocycles. The second-order valence-electron chi connectivity index (χ2n) is 8.67. The summed E-state index contributed by atoms with van der Waals surface area (Å²) < 4.78 is 7.85. The molecule has 0 saturated carbocycles. The van der Waals surface area contributed by atoms with Crippen LogP contribution in [-0.4, -0.2) is 40.1 Å². The van der Waals surface area contributed by atoms with E-state index in [1.165, 1.54) is 28.6 Å². The molecule has 1 aromatic carbocycles. The lowest BCUT2D eigenvalue weighted by molar-refractivity contribution is 0.379. The van der Waals surface area contributed by atoms with Gasteiger partial charge in [0.05, 0.1) is 17.3 Å². The van der Waals surface area contributed by atoms with Gasteiger partial charge in [0.2, 0.25) is 5.89 Å². The minimum Gasteiger partial charge on any atom is -0.440 e. The molecular formula is C25H28N4O2S2. The Balaban J connectivity index is 1.44. The van der Waals surface area contributed by atoms with Crippen LogP contribution in [0.1, 0.15) is 35.6 Å². The summed E-state index contributed by atoms with van der Waals surface area (Å²) in [5.74, 6) is 1.92. The Hall–Kier alpha value is -2.42. The predicted molar refractivity (Wildman–Crippen MR) is 135 cm³/mol. The van der Waals surface area contributed by atoms with Crippen molar-refractivity contribution < 1.29 is 4.42 Å². The standard InChI is InChI=1S/C25H28N4O2S2/c1-28(2)13-8-14-29-24(30)22-18-11-6-7-12-20(18)33-23(22)27-25(29)32-16-21-26-15-19(31-21)17-9-4-3-5-10-17/h3-5,9-10,15H,6-8,11-14,16H2,1-2H3. The molecule has 172 valence electrons. The highest BCUT2D eigenvalue weighted by Gasteiger charge is 2.22. The van der Waals surface area contributed by atoms with E-state index >= 15 is 0 Å². The molecule has 1 aliphatic carbocycles. The molecule has 0 amide bonds. The number of fused-ring (bicyclic) bond motifs is 3. The van der Waals surface area contributed by atoms with E-state index in [2.05, 4.69) is 24.0 Å². The summed E-state index contributed by atoms with van der Waals surface area (Å²) in [5.41, 5.74) is 2.36. The highest BCUT2D eigenvalue weighted by molar-refractivity contribution is 7.98. The lowest BCUT2D eigenvalue weighted by Crippen LogP contribution is -2.25. The summed E-state index contributed by atoms with van der Waals surface area (Å²) in [6, 6.07) is 9.97. The summed E-state index contributed by atoms with van der Waals surface area (Å²) in [6.07, 6.45) is 7.08. The molecule has 0 radical (unpaired) electrons. The van der Waals surface area contributed by atoms with Crippen molar-refractivity contribution in [1.82, 2.24) is 19.4 Å². The average molecular weight is 481 g/mol. The number of hydrogen-bond donors (Lipinski definition) is 0. The number of aryl methyl sites for hydroxylation is 2. The van der Waals surface area contributed by atoms with Crippen LogP contribution in [0.15, 0.2) is 50.9 Å². The van der Waals surface area contributed by atoms with E-state index in [4.69, 9.17) is 9.40 Å². The lowest BCUT2D eigenvalue weighted by Gasteiger charge is -2.14. The van der Waals surface area contributed by atoms with Crippen LogP contribution in [0.5, 0.6) is 0 Å². The van der Waals surface area contributed by atoms with Gasteiger partial charge in [-0.3, -0.25) is 9.36 Å². The number of thioether (sulfide) groups is 1. The van der Waals surface area contributed by atoms with Crippen molar-refractivity contribution in [3.8, 4) is 11.3 Å². The molecule has 3 aromatic heterocycles. The number of oxazole rings is 1. The Morgan fingerprint density at radius 1 is 1.18 bits per heavy atom. The predicted octanol–water partition coefficient (Wildman–Crippen LogP) is 5.24. The number of aromatic nitrogens is 3. The fourth-order valence-electron chi connectivity index (χ4n) is 4.31. The molecular weight excluding hydrogens is 452 g/mol. The van der Waals surface area contributed by atoms with E-state index in [-0.39, 0.29) is 5.56 Å². The first kappa shape index (κ1) is 22.4. The van der Waals surface area contributed by atoms with Crippen LogP contribution in [0.4, 0.5) is 0 Å². The molecule has 8 heteroatoms. The Bertz CT molecular complexity index is 1310. The molecule has 0 spiro atoms. The van der Waals surface area contributed by atoms with Gasteiger partial charge in [0.1, 0.15) is 4.83 Å². The average Bonchev–Trinajstić information content (AvgIpc) is 3.44. The van der Waals surface area contributed by atoms with Gasteiger partial charge in [-0.1, -0.05) is 42.1 Å². The Morgan fingerprint density at radius 2 is 2.00 bits per heavy atom. The maximum Gasteiger partial charge on any atom is 0.263 e. The third-order valence-electron chi connectivity index (χ3n) is 5.96. The maximum absolute atomic E-state index is 13.6. The van der Waals surface area contributed by atoms with Crippen molar-refractivity contribution in [3.05, 3.63) is 63.2 Å². The van der Waals surface area contributed by atoms with Crippen molar-refractivity contribution in [2.24, 2.45) is 0 Å². The van der Waals surface area contributed by atoms with Crippen molar-refractivity contribution >= 4 is 33.3 Å². The maximum atomic E-state index is 13.6. The topological polar surface area (TPSA) is 64.2 Å². The zero-order chi connectivity index (χ0) is 22.8. The van der Waals surface area contributed by atoms with E-state index in [1.54, 1.807) is 17.5 Å². The van der Waals surface area contributed by atoms with E-state index < -0.39 is 0 Å². The number of hydrogen-bond acceptors (Lipinski definition) is 7. The van der Waals surface area contributed by atoms with Crippen LogP contribution >= 0.6 is 23.1 Å². The molecule has 0 N–H and O–H groups in total. The Morgan fingerprint density at radius 3 is 2.82 bits per heavy atom. The number of nitrogens with zero attached hydrogens (tertiary/aromatic N) is 4. The first-order valence-electron chi connectivity index (χ1n) is 11.4. The zero-order valence-electron chi connectivity index (χ0n) is 19.0. The zero-order valence-corrected chi connectivity index (χ0v) is 20.7. The second-order valence-corrected chi connectivity index (χ2v) is 10.7. The number of benzene rings is 1. The minimum absolute atomic E-state index is 0.109. The van der Waals surface area contributed by atoms with Crippen LogP contribution in [-0.2, 0) is 25.1 Å². The Kier molecular flexibility index (Phi) is 6.66. The molecule has 0 unspecified atom stereocenters. The van der Waals surface area contributed by atoms with Crippen molar-refractivity contribution in [1.29, 1.82) is 0 Å². The molecule has 33 heavy (non-hydrogen) atoms. The number of rotatable bonds is 8. The second kappa shape index (κ2) is 9.83. The first-order valence-corrected chi connectivity index (χ1v) is 13.2. The Labute approximate surface area is 201 Å². The van der Waals surface area contributed by atoms with Gasteiger partial charge in [-0.25, -0.2) is 9.97 Å². The van der Waals surface area contributed by atoms with Crippen LogP contribution in [0.25, 0.3) is 21.5 Å². The van der Waals surface area contributed by atoms with Crippen LogP contribution in [0.3, 0.4) is 0 Å². The summed E-state index contributed by atoms with van der Waals surface area (Å²) in [4.78, 5) is 27.4. The monoisotopic (exact) mass is 480 g/mol. The van der Waals surface area contributed by atoms with Crippen LogP contribution < -0.4 is 5.56 Å². The van der Waals surface area contributed by atoms with E-state index in [0.717, 1.165) is 58.9 Å². The fourth-order valence-corrected chi connectivity index (χ4v) is 6.49.